The molecule has 0 aliphatic heterocycles. The molecule has 2 nitrogen and oxygen atoms in total. The topological polar surface area (TPSA) is 32.3 Å². The highest BCUT2D eigenvalue weighted by molar-refractivity contribution is 7.99. The number of aliphatic hydroxyl groups excluding tert-OH is 1. The number of rotatable bonds is 6. The Hall–Kier alpha value is 0.270. The average molecular weight is 231 g/mol. The Morgan fingerprint density at radius 1 is 1.40 bits per heavy atom. The van der Waals surface area contributed by atoms with E-state index in [0.29, 0.717) is 12.1 Å². The Bertz CT molecular complexity index is 166. The van der Waals surface area contributed by atoms with Crippen molar-refractivity contribution < 1.29 is 5.11 Å². The van der Waals surface area contributed by atoms with Crippen LogP contribution < -0.4 is 5.32 Å². The molecular weight excluding hydrogens is 206 g/mol. The van der Waals surface area contributed by atoms with Crippen molar-refractivity contribution in [3.8, 4) is 0 Å². The lowest BCUT2D eigenvalue weighted by Gasteiger charge is -2.31. The van der Waals surface area contributed by atoms with Gasteiger partial charge in [-0.3, -0.25) is 0 Å². The molecular formula is C12H25NOS. The van der Waals surface area contributed by atoms with Gasteiger partial charge in [0.25, 0.3) is 0 Å². The highest BCUT2D eigenvalue weighted by Gasteiger charge is 2.23. The quantitative estimate of drug-likeness (QED) is 0.689. The van der Waals surface area contributed by atoms with Gasteiger partial charge in [-0.2, -0.15) is 11.8 Å². The van der Waals surface area contributed by atoms with E-state index in [4.69, 9.17) is 0 Å². The van der Waals surface area contributed by atoms with Crippen LogP contribution in [0.4, 0.5) is 0 Å². The third-order valence-corrected chi connectivity index (χ3v) is 4.06. The van der Waals surface area contributed by atoms with Gasteiger partial charge >= 0.3 is 0 Å². The van der Waals surface area contributed by atoms with E-state index in [1.807, 2.05) is 11.8 Å². The predicted molar refractivity (Wildman–Crippen MR) is 68.5 cm³/mol. The third kappa shape index (κ3) is 5.23. The van der Waals surface area contributed by atoms with Crippen molar-refractivity contribution in [2.45, 2.75) is 64.1 Å². The second-order valence-corrected chi connectivity index (χ2v) is 5.91. The average Bonchev–Trinajstić information content (AvgIpc) is 2.22. The van der Waals surface area contributed by atoms with Crippen molar-refractivity contribution in [1.29, 1.82) is 0 Å². The standard InChI is InChI=1S/C12H25NOS/c1-3-15-9-8-10(2)13-11-6-4-5-7-12(11)14/h10-14H,3-9H2,1-2H3. The van der Waals surface area contributed by atoms with Crippen LogP contribution >= 0.6 is 11.8 Å². The fourth-order valence-electron chi connectivity index (χ4n) is 2.16. The Kier molecular flexibility index (Phi) is 6.69. The summed E-state index contributed by atoms with van der Waals surface area (Å²) in [5.41, 5.74) is 0. The Morgan fingerprint density at radius 3 is 2.80 bits per heavy atom. The number of hydrogen-bond donors (Lipinski definition) is 2. The van der Waals surface area contributed by atoms with Gasteiger partial charge in [-0.05, 0) is 37.7 Å². The number of aliphatic hydroxyl groups is 1. The summed E-state index contributed by atoms with van der Waals surface area (Å²) in [6, 6.07) is 0.891. The summed E-state index contributed by atoms with van der Waals surface area (Å²) in [6.07, 6.45) is 5.69. The summed E-state index contributed by atoms with van der Waals surface area (Å²) < 4.78 is 0. The molecule has 1 fully saturated rings. The molecule has 0 spiro atoms. The van der Waals surface area contributed by atoms with E-state index in [1.165, 1.54) is 30.8 Å². The molecule has 3 atom stereocenters. The molecule has 2 N–H and O–H groups in total. The summed E-state index contributed by atoms with van der Waals surface area (Å²) >= 11 is 2.00. The minimum Gasteiger partial charge on any atom is -0.392 e. The Labute approximate surface area is 98.2 Å². The zero-order valence-corrected chi connectivity index (χ0v) is 10.9. The minimum atomic E-state index is -0.111. The van der Waals surface area contributed by atoms with E-state index in [1.54, 1.807) is 0 Å². The highest BCUT2D eigenvalue weighted by Crippen LogP contribution is 2.19. The number of nitrogens with one attached hydrogen (secondary N) is 1. The van der Waals surface area contributed by atoms with Crippen molar-refractivity contribution in [2.75, 3.05) is 11.5 Å². The molecule has 0 bridgehead atoms. The molecule has 1 aliphatic carbocycles. The fraction of sp³-hybridized carbons (Fsp3) is 1.00. The minimum absolute atomic E-state index is 0.111. The molecule has 0 aromatic heterocycles. The lowest BCUT2D eigenvalue weighted by molar-refractivity contribution is 0.0858. The predicted octanol–water partition coefficient (Wildman–Crippen LogP) is 2.41. The first kappa shape index (κ1) is 13.3. The molecule has 0 aromatic carbocycles. The van der Waals surface area contributed by atoms with Crippen molar-refractivity contribution in [3.05, 3.63) is 0 Å². The van der Waals surface area contributed by atoms with Crippen LogP contribution in [0, 0.1) is 0 Å². The second-order valence-electron chi connectivity index (χ2n) is 4.51. The number of hydrogen-bond acceptors (Lipinski definition) is 3. The van der Waals surface area contributed by atoms with Crippen LogP contribution in [0.3, 0.4) is 0 Å². The number of thioether (sulfide) groups is 1. The first-order valence-electron chi connectivity index (χ1n) is 6.26. The fourth-order valence-corrected chi connectivity index (χ4v) is 2.97. The van der Waals surface area contributed by atoms with Gasteiger partial charge in [0.1, 0.15) is 0 Å². The van der Waals surface area contributed by atoms with Gasteiger partial charge in [-0.25, -0.2) is 0 Å². The first-order chi connectivity index (χ1) is 7.24. The zero-order valence-electron chi connectivity index (χ0n) is 10.0. The molecule has 3 unspecified atom stereocenters. The van der Waals surface area contributed by atoms with E-state index in [-0.39, 0.29) is 6.10 Å². The molecule has 0 aromatic rings. The van der Waals surface area contributed by atoms with Crippen molar-refractivity contribution >= 4 is 11.8 Å². The second kappa shape index (κ2) is 7.53. The summed E-state index contributed by atoms with van der Waals surface area (Å²) in [6.45, 7) is 4.44. The van der Waals surface area contributed by atoms with E-state index >= 15 is 0 Å². The van der Waals surface area contributed by atoms with E-state index in [0.717, 1.165) is 12.8 Å². The van der Waals surface area contributed by atoms with E-state index in [9.17, 15) is 5.11 Å². The van der Waals surface area contributed by atoms with Crippen LogP contribution in [-0.2, 0) is 0 Å². The van der Waals surface area contributed by atoms with Gasteiger partial charge in [0.15, 0.2) is 0 Å². The zero-order chi connectivity index (χ0) is 11.1. The Morgan fingerprint density at radius 2 is 2.13 bits per heavy atom. The normalized spacial score (nSPS) is 29.0. The smallest absolute Gasteiger partial charge is 0.0693 e. The highest BCUT2D eigenvalue weighted by atomic mass is 32.2. The maximum Gasteiger partial charge on any atom is 0.0693 e. The largest absolute Gasteiger partial charge is 0.392 e. The molecule has 0 heterocycles. The third-order valence-electron chi connectivity index (χ3n) is 3.13. The lowest BCUT2D eigenvalue weighted by Crippen LogP contribution is -2.46. The first-order valence-corrected chi connectivity index (χ1v) is 7.41. The molecule has 0 saturated heterocycles. The van der Waals surface area contributed by atoms with Crippen LogP contribution in [0.2, 0.25) is 0 Å². The molecule has 0 amide bonds. The molecule has 0 radical (unpaired) electrons. The molecule has 1 aliphatic rings. The van der Waals surface area contributed by atoms with Gasteiger partial charge in [0, 0.05) is 12.1 Å². The van der Waals surface area contributed by atoms with Crippen molar-refractivity contribution in [2.24, 2.45) is 0 Å². The van der Waals surface area contributed by atoms with Gasteiger partial charge in [-0.15, -0.1) is 0 Å². The van der Waals surface area contributed by atoms with Gasteiger partial charge in [0.05, 0.1) is 6.10 Å². The van der Waals surface area contributed by atoms with Crippen LogP contribution in [0.15, 0.2) is 0 Å². The van der Waals surface area contributed by atoms with Crippen LogP contribution in [-0.4, -0.2) is 34.8 Å². The molecule has 1 saturated carbocycles. The summed E-state index contributed by atoms with van der Waals surface area (Å²) in [5, 5.41) is 13.4. The monoisotopic (exact) mass is 231 g/mol. The SMILES string of the molecule is CCSCCC(C)NC1CCCCC1O. The van der Waals surface area contributed by atoms with Crippen LogP contribution in [0.5, 0.6) is 0 Å². The van der Waals surface area contributed by atoms with Crippen molar-refractivity contribution in [1.82, 2.24) is 5.32 Å². The molecule has 1 rings (SSSR count). The van der Waals surface area contributed by atoms with Crippen LogP contribution in [0.25, 0.3) is 0 Å². The van der Waals surface area contributed by atoms with E-state index < -0.39 is 0 Å². The van der Waals surface area contributed by atoms with Gasteiger partial charge in [-0.1, -0.05) is 19.8 Å². The molecule has 15 heavy (non-hydrogen) atoms. The summed E-state index contributed by atoms with van der Waals surface area (Å²) in [7, 11) is 0. The lowest BCUT2D eigenvalue weighted by atomic mass is 9.92. The summed E-state index contributed by atoms with van der Waals surface area (Å²) in [4.78, 5) is 0. The van der Waals surface area contributed by atoms with Gasteiger partial charge < -0.3 is 10.4 Å². The summed E-state index contributed by atoms with van der Waals surface area (Å²) in [5.74, 6) is 2.44. The Balaban J connectivity index is 2.15. The molecule has 3 heteroatoms. The maximum absolute atomic E-state index is 9.82. The van der Waals surface area contributed by atoms with Crippen LogP contribution in [0.1, 0.15) is 46.0 Å². The van der Waals surface area contributed by atoms with E-state index in [2.05, 4.69) is 19.2 Å². The maximum atomic E-state index is 9.82. The van der Waals surface area contributed by atoms with Crippen molar-refractivity contribution in [3.63, 3.8) is 0 Å². The van der Waals surface area contributed by atoms with Gasteiger partial charge in [0.2, 0.25) is 0 Å². The molecule has 90 valence electrons.